The van der Waals surface area contributed by atoms with Crippen molar-refractivity contribution >= 4 is 23.5 Å². The topological polar surface area (TPSA) is 44.7 Å². The Hall–Kier alpha value is -2.62. The van der Waals surface area contributed by atoms with Crippen LogP contribution in [0.3, 0.4) is 0 Å². The van der Waals surface area contributed by atoms with Gasteiger partial charge in [-0.3, -0.25) is 9.79 Å². The first-order chi connectivity index (χ1) is 15.4. The molecule has 0 spiro atoms. The predicted octanol–water partition coefficient (Wildman–Crippen LogP) is 5.84. The fourth-order valence-corrected chi connectivity index (χ4v) is 6.85. The third-order valence-corrected chi connectivity index (χ3v) is 8.25. The Balaban J connectivity index is 1.21. The quantitative estimate of drug-likeness (QED) is 0.587. The summed E-state index contributed by atoms with van der Waals surface area (Å²) in [5.41, 5.74) is 4.13. The van der Waals surface area contributed by atoms with E-state index in [0.717, 1.165) is 34.6 Å². The van der Waals surface area contributed by atoms with Crippen LogP contribution in [0.5, 0.6) is 0 Å². The molecule has 1 unspecified atom stereocenters. The van der Waals surface area contributed by atoms with Crippen molar-refractivity contribution in [3.05, 3.63) is 59.7 Å². The maximum Gasteiger partial charge on any atom is 0.251 e. The van der Waals surface area contributed by atoms with Crippen LogP contribution < -0.4 is 10.2 Å². The van der Waals surface area contributed by atoms with Gasteiger partial charge in [0.1, 0.15) is 0 Å². The maximum absolute atomic E-state index is 13.0. The molecule has 0 heterocycles. The van der Waals surface area contributed by atoms with Gasteiger partial charge in [-0.05, 0) is 111 Å². The van der Waals surface area contributed by atoms with Crippen LogP contribution in [0, 0.1) is 23.2 Å². The van der Waals surface area contributed by atoms with Crippen molar-refractivity contribution in [3.63, 3.8) is 0 Å². The van der Waals surface area contributed by atoms with Crippen LogP contribution in [0.4, 0.5) is 11.4 Å². The molecule has 1 amide bonds. The number of nitrogens with zero attached hydrogens (tertiary/aromatic N) is 2. The average Bonchev–Trinajstić information content (AvgIpc) is 2.77. The lowest BCUT2D eigenvalue weighted by Crippen LogP contribution is -2.55. The smallest absolute Gasteiger partial charge is 0.251 e. The summed E-state index contributed by atoms with van der Waals surface area (Å²) in [6, 6.07) is 16.2. The van der Waals surface area contributed by atoms with Gasteiger partial charge in [0.25, 0.3) is 5.91 Å². The molecule has 6 rings (SSSR count). The molecule has 2 aromatic carbocycles. The Kier molecular flexibility index (Phi) is 5.56. The van der Waals surface area contributed by atoms with Gasteiger partial charge in [-0.15, -0.1) is 0 Å². The third kappa shape index (κ3) is 4.20. The number of aliphatic imine (C=N–C) groups is 1. The second-order valence-electron chi connectivity index (χ2n) is 10.8. The Labute approximate surface area is 192 Å². The minimum absolute atomic E-state index is 0.0445. The number of carbonyl (C=O) groups is 1. The fraction of sp³-hybridized carbons (Fsp3) is 0.500. The molecule has 1 atom stereocenters. The molecular weight excluding hydrogens is 394 g/mol. The van der Waals surface area contributed by atoms with Gasteiger partial charge in [0, 0.05) is 37.6 Å². The number of anilines is 1. The second-order valence-corrected chi connectivity index (χ2v) is 10.8. The summed E-state index contributed by atoms with van der Waals surface area (Å²) in [6.07, 6.45) is 10.1. The van der Waals surface area contributed by atoms with E-state index in [1.165, 1.54) is 44.2 Å². The summed E-state index contributed by atoms with van der Waals surface area (Å²) in [6.45, 7) is 2.24. The largest absolute Gasteiger partial charge is 0.378 e. The van der Waals surface area contributed by atoms with Crippen LogP contribution in [-0.2, 0) is 0 Å². The van der Waals surface area contributed by atoms with E-state index in [4.69, 9.17) is 0 Å². The van der Waals surface area contributed by atoms with E-state index in [1.807, 2.05) is 44.6 Å². The van der Waals surface area contributed by atoms with E-state index in [-0.39, 0.29) is 11.9 Å². The third-order valence-electron chi connectivity index (χ3n) is 8.25. The SMILES string of the molecule is CC(NC(=O)c1ccc(N=Cc2ccc(N(C)C)cc2)cc1)C12CC3CC(CC(C3)C1)C2. The molecule has 4 fully saturated rings. The molecule has 0 radical (unpaired) electrons. The summed E-state index contributed by atoms with van der Waals surface area (Å²) < 4.78 is 0. The molecule has 0 aromatic heterocycles. The summed E-state index contributed by atoms with van der Waals surface area (Å²) in [4.78, 5) is 19.6. The average molecular weight is 430 g/mol. The molecule has 4 saturated carbocycles. The van der Waals surface area contributed by atoms with Crippen LogP contribution in [-0.4, -0.2) is 32.3 Å². The Bertz CT molecular complexity index is 955. The van der Waals surface area contributed by atoms with Gasteiger partial charge < -0.3 is 10.2 Å². The summed E-state index contributed by atoms with van der Waals surface area (Å²) in [5, 5.41) is 3.36. The van der Waals surface area contributed by atoms with E-state index in [9.17, 15) is 4.79 Å². The second kappa shape index (κ2) is 8.38. The van der Waals surface area contributed by atoms with Crippen LogP contribution >= 0.6 is 0 Å². The zero-order chi connectivity index (χ0) is 22.3. The normalized spacial score (nSPS) is 29.3. The lowest BCUT2D eigenvalue weighted by molar-refractivity contribution is -0.0688. The molecule has 4 nitrogen and oxygen atoms in total. The minimum Gasteiger partial charge on any atom is -0.378 e. The number of hydrogen-bond donors (Lipinski definition) is 1. The highest BCUT2D eigenvalue weighted by Gasteiger charge is 2.53. The Morgan fingerprint density at radius 1 is 0.969 bits per heavy atom. The van der Waals surface area contributed by atoms with Crippen molar-refractivity contribution in [1.29, 1.82) is 0 Å². The van der Waals surface area contributed by atoms with Gasteiger partial charge in [-0.1, -0.05) is 12.1 Å². The summed E-state index contributed by atoms with van der Waals surface area (Å²) in [5.74, 6) is 2.74. The van der Waals surface area contributed by atoms with Crippen molar-refractivity contribution in [2.45, 2.75) is 51.5 Å². The number of hydrogen-bond acceptors (Lipinski definition) is 3. The number of carbonyl (C=O) groups excluding carboxylic acids is 1. The first-order valence-corrected chi connectivity index (χ1v) is 12.1. The molecule has 0 aliphatic heterocycles. The zero-order valence-electron chi connectivity index (χ0n) is 19.6. The Morgan fingerprint density at radius 2 is 1.53 bits per heavy atom. The highest BCUT2D eigenvalue weighted by Crippen LogP contribution is 2.61. The predicted molar refractivity (Wildman–Crippen MR) is 132 cm³/mol. The Morgan fingerprint density at radius 3 is 2.06 bits per heavy atom. The summed E-state index contributed by atoms with van der Waals surface area (Å²) >= 11 is 0. The molecule has 0 saturated heterocycles. The fourth-order valence-electron chi connectivity index (χ4n) is 6.85. The van der Waals surface area contributed by atoms with Gasteiger partial charge >= 0.3 is 0 Å². The van der Waals surface area contributed by atoms with Gasteiger partial charge in [0.15, 0.2) is 0 Å². The van der Waals surface area contributed by atoms with Crippen molar-refractivity contribution in [2.24, 2.45) is 28.2 Å². The van der Waals surface area contributed by atoms with E-state index in [1.54, 1.807) is 0 Å². The molecular formula is C28H35N3O. The van der Waals surface area contributed by atoms with E-state index < -0.39 is 0 Å². The number of benzene rings is 2. The van der Waals surface area contributed by atoms with Crippen molar-refractivity contribution in [2.75, 3.05) is 19.0 Å². The first kappa shape index (κ1) is 21.2. The lowest BCUT2D eigenvalue weighted by atomic mass is 9.48. The van der Waals surface area contributed by atoms with Gasteiger partial charge in [-0.2, -0.15) is 0 Å². The highest BCUT2D eigenvalue weighted by molar-refractivity contribution is 5.94. The maximum atomic E-state index is 13.0. The minimum atomic E-state index is 0.0445. The molecule has 2 aromatic rings. The first-order valence-electron chi connectivity index (χ1n) is 12.1. The molecule has 4 bridgehead atoms. The number of rotatable bonds is 6. The van der Waals surface area contributed by atoms with E-state index in [0.29, 0.717) is 5.41 Å². The van der Waals surface area contributed by atoms with Crippen molar-refractivity contribution < 1.29 is 4.79 Å². The number of nitrogens with one attached hydrogen (secondary N) is 1. The van der Waals surface area contributed by atoms with Crippen molar-refractivity contribution in [3.8, 4) is 0 Å². The monoisotopic (exact) mass is 429 g/mol. The lowest BCUT2D eigenvalue weighted by Gasteiger charge is -2.59. The van der Waals surface area contributed by atoms with Crippen LogP contribution in [0.1, 0.15) is 61.4 Å². The van der Waals surface area contributed by atoms with E-state index in [2.05, 4.69) is 46.4 Å². The molecule has 4 aliphatic carbocycles. The summed E-state index contributed by atoms with van der Waals surface area (Å²) in [7, 11) is 4.06. The van der Waals surface area contributed by atoms with Gasteiger partial charge in [0.2, 0.25) is 0 Å². The van der Waals surface area contributed by atoms with Gasteiger partial charge in [0.05, 0.1) is 5.69 Å². The standard InChI is InChI=1S/C28H35N3O/c1-19(28-15-21-12-22(16-28)14-23(13-21)17-28)30-27(32)24-6-8-25(9-7-24)29-18-20-4-10-26(11-5-20)31(2)3/h4-11,18-19,21-23H,12-17H2,1-3H3,(H,30,32). The van der Waals surface area contributed by atoms with Crippen LogP contribution in [0.25, 0.3) is 0 Å². The molecule has 32 heavy (non-hydrogen) atoms. The highest BCUT2D eigenvalue weighted by atomic mass is 16.1. The number of amides is 1. The zero-order valence-corrected chi connectivity index (χ0v) is 19.6. The molecule has 168 valence electrons. The van der Waals surface area contributed by atoms with Crippen LogP contribution in [0.15, 0.2) is 53.5 Å². The molecule has 4 heteroatoms. The molecule has 1 N–H and O–H groups in total. The van der Waals surface area contributed by atoms with E-state index >= 15 is 0 Å². The van der Waals surface area contributed by atoms with Crippen molar-refractivity contribution in [1.82, 2.24) is 5.32 Å². The molecule has 4 aliphatic rings. The van der Waals surface area contributed by atoms with Crippen LogP contribution in [0.2, 0.25) is 0 Å². The van der Waals surface area contributed by atoms with Gasteiger partial charge in [-0.25, -0.2) is 0 Å².